The fourth-order valence-electron chi connectivity index (χ4n) is 3.26. The van der Waals surface area contributed by atoms with Crippen molar-refractivity contribution < 1.29 is 31.2 Å². The number of carbonyl (C=O) groups is 1. The minimum absolute atomic E-state index is 0.00531. The zero-order chi connectivity index (χ0) is 27.1. The van der Waals surface area contributed by atoms with E-state index in [-0.39, 0.29) is 46.9 Å². The zero-order valence-corrected chi connectivity index (χ0v) is 21.2. The van der Waals surface area contributed by atoms with Crippen molar-refractivity contribution in [2.24, 2.45) is 5.16 Å². The number of anilines is 1. The largest absolute Gasteiger partial charge is 0.417 e. The second-order valence-corrected chi connectivity index (χ2v) is 10.3. The van der Waals surface area contributed by atoms with Crippen LogP contribution in [0.2, 0.25) is 10.0 Å². The van der Waals surface area contributed by atoms with Gasteiger partial charge in [-0.15, -0.1) is 10.2 Å². The number of alkyl halides is 3. The Labute approximate surface area is 217 Å². The topological polar surface area (TPSA) is 132 Å². The van der Waals surface area contributed by atoms with Crippen molar-refractivity contribution in [1.82, 2.24) is 24.6 Å². The van der Waals surface area contributed by atoms with Crippen LogP contribution in [0.5, 0.6) is 0 Å². The molecule has 17 heteroatoms. The van der Waals surface area contributed by atoms with Gasteiger partial charge in [-0.1, -0.05) is 28.4 Å². The van der Waals surface area contributed by atoms with E-state index in [2.05, 4.69) is 25.1 Å². The molecule has 0 saturated heterocycles. The van der Waals surface area contributed by atoms with Crippen molar-refractivity contribution in [3.63, 3.8) is 0 Å². The number of hydrogen-bond acceptors (Lipinski definition) is 8. The lowest BCUT2D eigenvalue weighted by Crippen LogP contribution is -2.28. The summed E-state index contributed by atoms with van der Waals surface area (Å²) < 4.78 is 69.5. The molecular formula is C20H16Cl2F3N7O4S. The van der Waals surface area contributed by atoms with Crippen LogP contribution in [0.1, 0.15) is 22.6 Å². The molecule has 0 fully saturated rings. The molecule has 37 heavy (non-hydrogen) atoms. The summed E-state index contributed by atoms with van der Waals surface area (Å²) in [7, 11) is -1.62. The molecule has 0 radical (unpaired) electrons. The summed E-state index contributed by atoms with van der Waals surface area (Å²) in [5.41, 5.74) is -1.70. The maximum Gasteiger partial charge on any atom is 0.417 e. The number of hydrogen-bond donors (Lipinski definition) is 1. The van der Waals surface area contributed by atoms with Gasteiger partial charge in [0.1, 0.15) is 12.3 Å². The zero-order valence-electron chi connectivity index (χ0n) is 18.9. The molecule has 3 heterocycles. The van der Waals surface area contributed by atoms with Gasteiger partial charge in [0.2, 0.25) is 5.82 Å². The first-order valence-electron chi connectivity index (χ1n) is 10.2. The number of nitrogens with zero attached hydrogens (tertiary/aromatic N) is 6. The highest BCUT2D eigenvalue weighted by Gasteiger charge is 2.35. The van der Waals surface area contributed by atoms with E-state index in [0.717, 1.165) is 12.1 Å². The number of amides is 1. The average molecular weight is 578 g/mol. The predicted molar refractivity (Wildman–Crippen MR) is 127 cm³/mol. The van der Waals surface area contributed by atoms with E-state index in [1.54, 1.807) is 0 Å². The Morgan fingerprint density at radius 2 is 1.92 bits per heavy atom. The van der Waals surface area contributed by atoms with Crippen LogP contribution < -0.4 is 4.72 Å². The van der Waals surface area contributed by atoms with Crippen LogP contribution in [0.15, 0.2) is 40.5 Å². The van der Waals surface area contributed by atoms with Crippen LogP contribution in [0.4, 0.5) is 18.9 Å². The molecule has 1 aromatic carbocycles. The third-order valence-corrected chi connectivity index (χ3v) is 6.87. The molecule has 2 aromatic heterocycles. The molecular weight excluding hydrogens is 562 g/mol. The lowest BCUT2D eigenvalue weighted by atomic mass is 10.2. The molecule has 0 atom stereocenters. The van der Waals surface area contributed by atoms with Crippen molar-refractivity contribution in [2.45, 2.75) is 17.5 Å². The molecule has 0 aliphatic carbocycles. The van der Waals surface area contributed by atoms with E-state index in [4.69, 9.17) is 28.0 Å². The molecule has 1 N–H and O–H groups in total. The van der Waals surface area contributed by atoms with Crippen LogP contribution in [-0.4, -0.2) is 65.5 Å². The van der Waals surface area contributed by atoms with Crippen molar-refractivity contribution in [2.75, 3.05) is 25.4 Å². The Kier molecular flexibility index (Phi) is 7.05. The normalized spacial score (nSPS) is 13.8. The Morgan fingerprint density at radius 3 is 2.54 bits per heavy atom. The van der Waals surface area contributed by atoms with Gasteiger partial charge in [0.15, 0.2) is 11.7 Å². The van der Waals surface area contributed by atoms with Gasteiger partial charge in [0.25, 0.3) is 15.9 Å². The van der Waals surface area contributed by atoms with E-state index < -0.39 is 37.6 Å². The van der Waals surface area contributed by atoms with E-state index in [0.29, 0.717) is 6.07 Å². The minimum Gasteiger partial charge on any atom is -0.394 e. The van der Waals surface area contributed by atoms with Gasteiger partial charge in [-0.25, -0.2) is 13.4 Å². The van der Waals surface area contributed by atoms with Crippen molar-refractivity contribution in [3.05, 3.63) is 51.9 Å². The summed E-state index contributed by atoms with van der Waals surface area (Å²) in [6.45, 7) is 0.216. The van der Waals surface area contributed by atoms with Crippen molar-refractivity contribution in [3.8, 4) is 11.5 Å². The number of benzene rings is 1. The van der Waals surface area contributed by atoms with Crippen LogP contribution >= 0.6 is 23.2 Å². The molecule has 4 rings (SSSR count). The number of pyridine rings is 1. The average Bonchev–Trinajstić information content (AvgIpc) is 3.47. The number of rotatable bonds is 5. The highest BCUT2D eigenvalue weighted by Crippen LogP contribution is 2.37. The maximum absolute atomic E-state index is 13.3. The summed E-state index contributed by atoms with van der Waals surface area (Å²) in [5, 5.41) is 11.2. The number of sulfonamides is 1. The SMILES string of the molecule is CN(C)C(=O)c1nnc(-c2ncc(Cl)cc2NS(=O)(=O)c2ccc(Cl)c(C(F)(F)F)c2)n1C1=NOCC1. The Bertz CT molecular complexity index is 1520. The summed E-state index contributed by atoms with van der Waals surface area (Å²) >= 11 is 11.7. The number of nitrogens with one attached hydrogen (secondary N) is 1. The molecule has 3 aromatic rings. The quantitative estimate of drug-likeness (QED) is 0.488. The van der Waals surface area contributed by atoms with Gasteiger partial charge < -0.3 is 9.74 Å². The van der Waals surface area contributed by atoms with E-state index >= 15 is 0 Å². The highest BCUT2D eigenvalue weighted by molar-refractivity contribution is 7.92. The summed E-state index contributed by atoms with van der Waals surface area (Å²) in [4.78, 5) is 22.4. The third kappa shape index (κ3) is 5.33. The minimum atomic E-state index is -4.89. The monoisotopic (exact) mass is 577 g/mol. The van der Waals surface area contributed by atoms with Crippen LogP contribution in [-0.2, 0) is 21.0 Å². The molecule has 1 amide bonds. The lowest BCUT2D eigenvalue weighted by Gasteiger charge is -2.15. The summed E-state index contributed by atoms with van der Waals surface area (Å²) in [5.74, 6) is -0.521. The van der Waals surface area contributed by atoms with E-state index in [1.807, 2.05) is 0 Å². The van der Waals surface area contributed by atoms with E-state index in [1.165, 1.54) is 35.8 Å². The Hall–Kier alpha value is -3.43. The fourth-order valence-corrected chi connectivity index (χ4v) is 4.73. The molecule has 196 valence electrons. The first-order valence-corrected chi connectivity index (χ1v) is 12.5. The van der Waals surface area contributed by atoms with Crippen LogP contribution in [0.3, 0.4) is 0 Å². The number of oxime groups is 1. The predicted octanol–water partition coefficient (Wildman–Crippen LogP) is 3.75. The smallest absolute Gasteiger partial charge is 0.394 e. The standard InChI is InChI=1S/C20H16Cl2F3N7O4S/c1-31(2)19(33)18-28-27-17(32(18)15-5-6-36-29-15)16-14(7-10(21)9-26-16)30-37(34,35)11-3-4-13(22)12(8-11)20(23,24)25/h3-4,7-9,30H,5-6H2,1-2H3. The second-order valence-electron chi connectivity index (χ2n) is 7.77. The first-order chi connectivity index (χ1) is 17.3. The van der Waals surface area contributed by atoms with Gasteiger partial charge in [0, 0.05) is 26.7 Å². The summed E-state index contributed by atoms with van der Waals surface area (Å²) in [6, 6.07) is 3.33. The molecule has 0 bridgehead atoms. The van der Waals surface area contributed by atoms with Gasteiger partial charge in [-0.3, -0.25) is 14.1 Å². The van der Waals surface area contributed by atoms with Gasteiger partial charge in [-0.2, -0.15) is 13.2 Å². The van der Waals surface area contributed by atoms with Crippen molar-refractivity contribution in [1.29, 1.82) is 0 Å². The molecule has 0 saturated carbocycles. The van der Waals surface area contributed by atoms with Crippen LogP contribution in [0.25, 0.3) is 11.5 Å². The molecule has 1 aliphatic rings. The second kappa shape index (κ2) is 9.79. The third-order valence-electron chi connectivity index (χ3n) is 4.97. The number of carbonyl (C=O) groups excluding carboxylic acids is 1. The maximum atomic E-state index is 13.3. The first kappa shape index (κ1) is 26.6. The molecule has 0 unspecified atom stereocenters. The van der Waals surface area contributed by atoms with Gasteiger partial charge >= 0.3 is 6.18 Å². The van der Waals surface area contributed by atoms with Crippen LogP contribution in [0, 0.1) is 0 Å². The number of aromatic nitrogens is 4. The fraction of sp³-hybridized carbons (Fsp3) is 0.250. The van der Waals surface area contributed by atoms with Gasteiger partial charge in [-0.05, 0) is 24.3 Å². The number of halogens is 5. The summed E-state index contributed by atoms with van der Waals surface area (Å²) in [6.07, 6.45) is -3.42. The van der Waals surface area contributed by atoms with Gasteiger partial charge in [0.05, 0.1) is 26.2 Å². The van der Waals surface area contributed by atoms with Crippen molar-refractivity contribution >= 4 is 50.7 Å². The highest BCUT2D eigenvalue weighted by atomic mass is 35.5. The van der Waals surface area contributed by atoms with E-state index in [9.17, 15) is 26.4 Å². The Balaban J connectivity index is 1.84. The molecule has 11 nitrogen and oxygen atoms in total. The lowest BCUT2D eigenvalue weighted by molar-refractivity contribution is -0.137. The molecule has 0 spiro atoms. The Morgan fingerprint density at radius 1 is 1.19 bits per heavy atom. The molecule has 1 aliphatic heterocycles.